The molecule has 0 aliphatic heterocycles. The Labute approximate surface area is 99.2 Å². The summed E-state index contributed by atoms with van der Waals surface area (Å²) < 4.78 is 2.15. The van der Waals surface area contributed by atoms with Crippen LogP contribution in [0.2, 0.25) is 0 Å². The van der Waals surface area contributed by atoms with Crippen molar-refractivity contribution in [3.8, 4) is 0 Å². The van der Waals surface area contributed by atoms with Gasteiger partial charge >= 0.3 is 0 Å². The van der Waals surface area contributed by atoms with Crippen LogP contribution >= 0.6 is 0 Å². The van der Waals surface area contributed by atoms with Crippen LogP contribution in [-0.4, -0.2) is 16.8 Å². The molecule has 1 rings (SSSR count). The number of nitrogens with one attached hydrogen (secondary N) is 1. The molecule has 0 unspecified atom stereocenters. The molecule has 0 spiro atoms. The Bertz CT molecular complexity index is 350. The van der Waals surface area contributed by atoms with E-state index in [9.17, 15) is 0 Å². The van der Waals surface area contributed by atoms with Gasteiger partial charge in [-0.25, -0.2) is 0 Å². The molecule has 16 heavy (non-hydrogen) atoms. The van der Waals surface area contributed by atoms with Gasteiger partial charge in [-0.15, -0.1) is 0 Å². The van der Waals surface area contributed by atoms with Crippen molar-refractivity contribution < 1.29 is 0 Å². The van der Waals surface area contributed by atoms with Gasteiger partial charge in [0, 0.05) is 23.2 Å². The highest BCUT2D eigenvalue weighted by molar-refractivity contribution is 5.26. The molecule has 0 fully saturated rings. The number of aromatic nitrogens is 2. The normalized spacial score (nSPS) is 13.2. The van der Waals surface area contributed by atoms with Crippen LogP contribution in [0.15, 0.2) is 6.20 Å². The lowest BCUT2D eigenvalue weighted by Crippen LogP contribution is -2.31. The average Bonchev–Trinajstić information content (AvgIpc) is 2.46. The Morgan fingerprint density at radius 1 is 1.19 bits per heavy atom. The van der Waals surface area contributed by atoms with E-state index in [-0.39, 0.29) is 11.0 Å². The Morgan fingerprint density at radius 2 is 1.75 bits per heavy atom. The van der Waals surface area contributed by atoms with Gasteiger partial charge in [0.15, 0.2) is 0 Å². The van der Waals surface area contributed by atoms with Gasteiger partial charge in [0.1, 0.15) is 0 Å². The summed E-state index contributed by atoms with van der Waals surface area (Å²) in [6.07, 6.45) is 1.99. The number of rotatable bonds is 2. The van der Waals surface area contributed by atoms with Crippen LogP contribution in [0.25, 0.3) is 0 Å². The van der Waals surface area contributed by atoms with Crippen molar-refractivity contribution in [1.29, 1.82) is 0 Å². The van der Waals surface area contributed by atoms with E-state index in [1.54, 1.807) is 0 Å². The van der Waals surface area contributed by atoms with E-state index in [1.807, 2.05) is 13.2 Å². The van der Waals surface area contributed by atoms with Gasteiger partial charge in [-0.1, -0.05) is 20.8 Å². The molecule has 0 bridgehead atoms. The predicted octanol–water partition coefficient (Wildman–Crippen LogP) is 2.66. The maximum absolute atomic E-state index is 4.55. The van der Waals surface area contributed by atoms with Crippen LogP contribution in [-0.2, 0) is 17.5 Å². The molecule has 1 N–H and O–H groups in total. The fraction of sp³-hybridized carbons (Fsp3) is 0.769. The van der Waals surface area contributed by atoms with Crippen molar-refractivity contribution in [2.45, 2.75) is 59.0 Å². The van der Waals surface area contributed by atoms with Gasteiger partial charge < -0.3 is 5.32 Å². The van der Waals surface area contributed by atoms with Crippen LogP contribution in [0.4, 0.5) is 0 Å². The summed E-state index contributed by atoms with van der Waals surface area (Å²) in [6.45, 7) is 14.2. The minimum atomic E-state index is 0.0363. The van der Waals surface area contributed by atoms with E-state index in [0.717, 1.165) is 6.54 Å². The number of hydrogen-bond donors (Lipinski definition) is 1. The maximum Gasteiger partial charge on any atom is 0.0547 e. The molecule has 3 heteroatoms. The van der Waals surface area contributed by atoms with Crippen LogP contribution in [0, 0.1) is 0 Å². The fourth-order valence-electron chi connectivity index (χ4n) is 2.01. The first-order chi connectivity index (χ1) is 7.18. The maximum atomic E-state index is 4.55. The molecule has 0 aliphatic rings. The smallest absolute Gasteiger partial charge is 0.0547 e. The quantitative estimate of drug-likeness (QED) is 0.835. The molecule has 1 aromatic heterocycles. The van der Waals surface area contributed by atoms with Crippen molar-refractivity contribution in [2.75, 3.05) is 7.05 Å². The molecule has 1 aromatic rings. The first-order valence-electron chi connectivity index (χ1n) is 5.90. The van der Waals surface area contributed by atoms with Crippen molar-refractivity contribution >= 4 is 0 Å². The molecule has 0 aromatic carbocycles. The van der Waals surface area contributed by atoms with E-state index in [4.69, 9.17) is 0 Å². The molecular formula is C13H25N3. The third-order valence-electron chi connectivity index (χ3n) is 2.56. The van der Waals surface area contributed by atoms with Gasteiger partial charge in [-0.2, -0.15) is 5.10 Å². The molecule has 1 heterocycles. The molecular weight excluding hydrogens is 198 g/mol. The SMILES string of the molecule is CNCc1cnn(C(C)(C)C)c1C(C)(C)C. The van der Waals surface area contributed by atoms with Crippen molar-refractivity contribution in [1.82, 2.24) is 15.1 Å². The highest BCUT2D eigenvalue weighted by atomic mass is 15.3. The molecule has 0 radical (unpaired) electrons. The molecule has 3 nitrogen and oxygen atoms in total. The zero-order valence-electron chi connectivity index (χ0n) is 11.7. The van der Waals surface area contributed by atoms with Gasteiger partial charge in [-0.05, 0) is 27.8 Å². The van der Waals surface area contributed by atoms with E-state index in [0.29, 0.717) is 0 Å². The highest BCUT2D eigenvalue weighted by Gasteiger charge is 2.28. The zero-order chi connectivity index (χ0) is 12.6. The Morgan fingerprint density at radius 3 is 2.12 bits per heavy atom. The van der Waals surface area contributed by atoms with E-state index >= 15 is 0 Å². The monoisotopic (exact) mass is 223 g/mol. The Kier molecular flexibility index (Phi) is 3.48. The predicted molar refractivity (Wildman–Crippen MR) is 68.7 cm³/mol. The fourth-order valence-corrected chi connectivity index (χ4v) is 2.01. The minimum absolute atomic E-state index is 0.0363. The number of hydrogen-bond acceptors (Lipinski definition) is 2. The summed E-state index contributed by atoms with van der Waals surface area (Å²) in [4.78, 5) is 0. The summed E-state index contributed by atoms with van der Waals surface area (Å²) >= 11 is 0. The van der Waals surface area contributed by atoms with E-state index in [2.05, 4.69) is 56.6 Å². The zero-order valence-corrected chi connectivity index (χ0v) is 11.7. The van der Waals surface area contributed by atoms with Crippen LogP contribution < -0.4 is 5.32 Å². The van der Waals surface area contributed by atoms with Crippen LogP contribution in [0.3, 0.4) is 0 Å². The topological polar surface area (TPSA) is 29.9 Å². The average molecular weight is 223 g/mol. The Balaban J connectivity index is 3.31. The first-order valence-corrected chi connectivity index (χ1v) is 5.90. The van der Waals surface area contributed by atoms with Crippen LogP contribution in [0.1, 0.15) is 52.8 Å². The third-order valence-corrected chi connectivity index (χ3v) is 2.56. The molecule has 92 valence electrons. The lowest BCUT2D eigenvalue weighted by molar-refractivity contribution is 0.321. The lowest BCUT2D eigenvalue weighted by Gasteiger charge is -2.29. The molecule has 0 amide bonds. The van der Waals surface area contributed by atoms with Crippen LogP contribution in [0.5, 0.6) is 0 Å². The molecule has 0 aliphatic carbocycles. The summed E-state index contributed by atoms with van der Waals surface area (Å²) in [5.74, 6) is 0. The summed E-state index contributed by atoms with van der Waals surface area (Å²) in [6, 6.07) is 0. The third kappa shape index (κ3) is 2.64. The number of nitrogens with zero attached hydrogens (tertiary/aromatic N) is 2. The summed E-state index contributed by atoms with van der Waals surface area (Å²) in [7, 11) is 1.97. The van der Waals surface area contributed by atoms with E-state index < -0.39 is 0 Å². The highest BCUT2D eigenvalue weighted by Crippen LogP contribution is 2.29. The summed E-state index contributed by atoms with van der Waals surface area (Å²) in [5, 5.41) is 7.76. The Hall–Kier alpha value is -0.830. The van der Waals surface area contributed by atoms with Gasteiger partial charge in [0.05, 0.1) is 11.7 Å². The second-order valence-electron chi connectivity index (χ2n) is 6.38. The van der Waals surface area contributed by atoms with Gasteiger partial charge in [0.2, 0.25) is 0 Å². The molecule has 0 atom stereocenters. The second kappa shape index (κ2) is 4.21. The van der Waals surface area contributed by atoms with Gasteiger partial charge in [0.25, 0.3) is 0 Å². The lowest BCUT2D eigenvalue weighted by atomic mass is 9.88. The van der Waals surface area contributed by atoms with Crippen molar-refractivity contribution in [3.63, 3.8) is 0 Å². The summed E-state index contributed by atoms with van der Waals surface area (Å²) in [5.41, 5.74) is 2.78. The largest absolute Gasteiger partial charge is 0.316 e. The van der Waals surface area contributed by atoms with Crippen molar-refractivity contribution in [3.05, 3.63) is 17.5 Å². The standard InChI is InChI=1S/C13H25N3/c1-12(2,3)11-10(8-14-7)9-15-16(11)13(4,5)6/h9,14H,8H2,1-7H3. The molecule has 0 saturated carbocycles. The van der Waals surface area contributed by atoms with Crippen molar-refractivity contribution in [2.24, 2.45) is 0 Å². The van der Waals surface area contributed by atoms with Gasteiger partial charge in [-0.3, -0.25) is 4.68 Å². The van der Waals surface area contributed by atoms with E-state index in [1.165, 1.54) is 11.3 Å². The molecule has 0 saturated heterocycles. The second-order valence-corrected chi connectivity index (χ2v) is 6.38. The first kappa shape index (κ1) is 13.2. The minimum Gasteiger partial charge on any atom is -0.316 e.